The number of quaternary nitrogens is 1. The predicted molar refractivity (Wildman–Crippen MR) is 297 cm³/mol. The van der Waals surface area contributed by atoms with E-state index in [2.05, 4.69) is 86.8 Å². The molecule has 2 unspecified atom stereocenters. The van der Waals surface area contributed by atoms with Crippen LogP contribution in [0.5, 0.6) is 0 Å². The van der Waals surface area contributed by atoms with Gasteiger partial charge < -0.3 is 33.3 Å². The number of ether oxygens (including phenoxy) is 4. The third kappa shape index (κ3) is 54.3. The van der Waals surface area contributed by atoms with Gasteiger partial charge in [0.15, 0.2) is 12.4 Å². The summed E-state index contributed by atoms with van der Waals surface area (Å²) in [4.78, 5) is 37.1. The molecule has 0 spiro atoms. The Morgan fingerprint density at radius 1 is 0.437 bits per heavy atom. The van der Waals surface area contributed by atoms with Gasteiger partial charge in [-0.1, -0.05) is 228 Å². The average molecular weight is 997 g/mol. The van der Waals surface area contributed by atoms with Gasteiger partial charge in [0.25, 0.3) is 0 Å². The molecular formula is C62H109NO8. The molecule has 0 aromatic rings. The van der Waals surface area contributed by atoms with E-state index in [-0.39, 0.29) is 38.6 Å². The van der Waals surface area contributed by atoms with Crippen LogP contribution in [0.3, 0.4) is 0 Å². The summed E-state index contributed by atoms with van der Waals surface area (Å²) in [5, 5.41) is 11.7. The standard InChI is InChI=1S/C62H109NO8/c1-6-8-10-12-14-16-18-19-20-21-22-23-24-25-26-27-28-29-30-31-32-33-34-35-36-37-38-39-40-41-43-45-47-49-51-53-60(65)71-58(57-70-62(61(66)67)68-55-54-63(3,4)5)56-69-59(64)52-50-48-46-44-42-17-15-13-11-9-7-2/h8,10,13-16,19-20,22-23,25-26,58,62H,6-7,9,11-12,17-18,21,24,27-57H2,1-5H3/b10-8-,15-13-,16-14-,20-19-,23-22-,26-25-. The van der Waals surface area contributed by atoms with Crippen molar-refractivity contribution in [2.75, 3.05) is 47.5 Å². The lowest BCUT2D eigenvalue weighted by molar-refractivity contribution is -0.870. The molecular weight excluding hydrogens is 887 g/mol. The van der Waals surface area contributed by atoms with Crippen LogP contribution in [0.1, 0.15) is 245 Å². The Hall–Kier alpha value is -3.27. The third-order valence-corrected chi connectivity index (χ3v) is 12.4. The van der Waals surface area contributed by atoms with E-state index in [0.29, 0.717) is 17.4 Å². The lowest BCUT2D eigenvalue weighted by atomic mass is 10.0. The largest absolute Gasteiger partial charge is 0.545 e. The second-order valence-electron chi connectivity index (χ2n) is 20.5. The highest BCUT2D eigenvalue weighted by atomic mass is 16.7. The Morgan fingerprint density at radius 3 is 1.21 bits per heavy atom. The maximum absolute atomic E-state index is 12.8. The van der Waals surface area contributed by atoms with E-state index in [1.807, 2.05) is 21.1 Å². The van der Waals surface area contributed by atoms with Crippen molar-refractivity contribution in [3.8, 4) is 0 Å². The fraction of sp³-hybridized carbons (Fsp3) is 0.758. The number of carboxylic acids is 1. The summed E-state index contributed by atoms with van der Waals surface area (Å²) in [6.07, 6.45) is 65.5. The van der Waals surface area contributed by atoms with E-state index in [9.17, 15) is 19.5 Å². The van der Waals surface area contributed by atoms with Crippen LogP contribution in [0.4, 0.5) is 0 Å². The number of hydrogen-bond acceptors (Lipinski definition) is 8. The number of aliphatic carboxylic acids is 1. The third-order valence-electron chi connectivity index (χ3n) is 12.4. The maximum Gasteiger partial charge on any atom is 0.306 e. The van der Waals surface area contributed by atoms with Crippen LogP contribution in [0.15, 0.2) is 72.9 Å². The first-order chi connectivity index (χ1) is 34.6. The molecule has 410 valence electrons. The Morgan fingerprint density at radius 2 is 0.803 bits per heavy atom. The van der Waals surface area contributed by atoms with Crippen LogP contribution in [-0.4, -0.2) is 82.3 Å². The second-order valence-corrected chi connectivity index (χ2v) is 20.5. The van der Waals surface area contributed by atoms with Gasteiger partial charge in [0.1, 0.15) is 13.2 Å². The van der Waals surface area contributed by atoms with E-state index in [1.54, 1.807) is 0 Å². The molecule has 0 amide bonds. The van der Waals surface area contributed by atoms with Crippen LogP contribution in [0.2, 0.25) is 0 Å². The molecule has 0 bridgehead atoms. The fourth-order valence-corrected chi connectivity index (χ4v) is 7.96. The van der Waals surface area contributed by atoms with E-state index in [4.69, 9.17) is 18.9 Å². The van der Waals surface area contributed by atoms with Gasteiger partial charge >= 0.3 is 11.9 Å². The van der Waals surface area contributed by atoms with Crippen molar-refractivity contribution in [2.45, 2.75) is 257 Å². The van der Waals surface area contributed by atoms with Crippen LogP contribution in [-0.2, 0) is 33.3 Å². The summed E-state index contributed by atoms with van der Waals surface area (Å²) in [7, 11) is 5.91. The van der Waals surface area contributed by atoms with Gasteiger partial charge in [-0.25, -0.2) is 0 Å². The molecule has 0 rings (SSSR count). The maximum atomic E-state index is 12.8. The summed E-state index contributed by atoms with van der Waals surface area (Å²) < 4.78 is 22.6. The van der Waals surface area contributed by atoms with Gasteiger partial charge in [0.05, 0.1) is 40.3 Å². The zero-order valence-corrected chi connectivity index (χ0v) is 46.6. The highest BCUT2D eigenvalue weighted by Gasteiger charge is 2.22. The summed E-state index contributed by atoms with van der Waals surface area (Å²) >= 11 is 0. The Labute approximate surface area is 437 Å². The topological polar surface area (TPSA) is 111 Å². The van der Waals surface area contributed by atoms with Crippen molar-refractivity contribution < 1.29 is 42.9 Å². The first kappa shape index (κ1) is 67.7. The van der Waals surface area contributed by atoms with Crippen LogP contribution in [0, 0.1) is 0 Å². The van der Waals surface area contributed by atoms with Crippen molar-refractivity contribution in [3.63, 3.8) is 0 Å². The zero-order chi connectivity index (χ0) is 52.0. The molecule has 0 aromatic heterocycles. The highest BCUT2D eigenvalue weighted by Crippen LogP contribution is 2.16. The minimum absolute atomic E-state index is 0.146. The molecule has 0 fully saturated rings. The van der Waals surface area contributed by atoms with E-state index in [1.165, 1.54) is 122 Å². The first-order valence-corrected chi connectivity index (χ1v) is 29.1. The first-order valence-electron chi connectivity index (χ1n) is 29.1. The minimum Gasteiger partial charge on any atom is -0.545 e. The predicted octanol–water partition coefficient (Wildman–Crippen LogP) is 15.7. The number of hydrogen-bond donors (Lipinski definition) is 0. The van der Waals surface area contributed by atoms with Crippen LogP contribution in [0.25, 0.3) is 0 Å². The van der Waals surface area contributed by atoms with E-state index >= 15 is 0 Å². The Balaban J connectivity index is 4.02. The summed E-state index contributed by atoms with van der Waals surface area (Å²) in [6.45, 7) is 4.59. The summed E-state index contributed by atoms with van der Waals surface area (Å²) in [5.74, 6) is -2.29. The lowest BCUT2D eigenvalue weighted by Gasteiger charge is -2.26. The normalized spacial score (nSPS) is 13.3. The molecule has 0 aliphatic heterocycles. The van der Waals surface area contributed by atoms with Crippen molar-refractivity contribution in [1.82, 2.24) is 0 Å². The highest BCUT2D eigenvalue weighted by molar-refractivity contribution is 5.70. The van der Waals surface area contributed by atoms with Crippen molar-refractivity contribution in [3.05, 3.63) is 72.9 Å². The van der Waals surface area contributed by atoms with Gasteiger partial charge in [-0.3, -0.25) is 9.59 Å². The van der Waals surface area contributed by atoms with Gasteiger partial charge in [0.2, 0.25) is 0 Å². The zero-order valence-electron chi connectivity index (χ0n) is 46.6. The number of rotatable bonds is 53. The van der Waals surface area contributed by atoms with Gasteiger partial charge in [-0.2, -0.15) is 0 Å². The number of carbonyl (C=O) groups is 3. The van der Waals surface area contributed by atoms with E-state index < -0.39 is 24.3 Å². The summed E-state index contributed by atoms with van der Waals surface area (Å²) in [6, 6.07) is 0. The second kappa shape index (κ2) is 53.0. The van der Waals surface area contributed by atoms with Crippen molar-refractivity contribution in [2.24, 2.45) is 0 Å². The fourth-order valence-electron chi connectivity index (χ4n) is 7.96. The number of nitrogens with zero attached hydrogens (tertiary/aromatic N) is 1. The number of carboxylic acid groups (broad SMARTS) is 1. The Kier molecular flexibility index (Phi) is 50.6. The average Bonchev–Trinajstić information content (AvgIpc) is 3.34. The van der Waals surface area contributed by atoms with Crippen molar-refractivity contribution >= 4 is 17.9 Å². The smallest absolute Gasteiger partial charge is 0.306 e. The quantitative estimate of drug-likeness (QED) is 0.0195. The monoisotopic (exact) mass is 996 g/mol. The number of esters is 2. The van der Waals surface area contributed by atoms with Gasteiger partial charge in [-0.05, 0) is 77.0 Å². The molecule has 71 heavy (non-hydrogen) atoms. The minimum atomic E-state index is -1.62. The molecule has 9 heteroatoms. The van der Waals surface area contributed by atoms with Gasteiger partial charge in [0, 0.05) is 12.8 Å². The van der Waals surface area contributed by atoms with Crippen molar-refractivity contribution in [1.29, 1.82) is 0 Å². The number of carbonyl (C=O) groups excluding carboxylic acids is 3. The molecule has 0 saturated heterocycles. The number of likely N-dealkylation sites (N-methyl/N-ethyl adjacent to an activating group) is 1. The molecule has 0 aromatic carbocycles. The molecule has 0 N–H and O–H groups in total. The van der Waals surface area contributed by atoms with Crippen LogP contribution >= 0.6 is 0 Å². The summed E-state index contributed by atoms with van der Waals surface area (Å²) in [5.41, 5.74) is 0. The molecule has 0 aliphatic carbocycles. The molecule has 0 saturated carbocycles. The van der Waals surface area contributed by atoms with Crippen LogP contribution < -0.4 is 5.11 Å². The SMILES string of the molecule is CC/C=C\C/C=C\C/C=C\C/C=C\C/C=C\CCCCCCCCCCCCCCCCCCCCCC(=O)OC(COC(=O)CCCCCCC/C=C\CCCC)COC(OCC[N+](C)(C)C)C(=O)[O-]. The molecule has 9 nitrogen and oxygen atoms in total. The van der Waals surface area contributed by atoms with E-state index in [0.717, 1.165) is 89.9 Å². The number of allylic oxidation sites excluding steroid dienone is 12. The molecule has 0 aliphatic rings. The Bertz CT molecular complexity index is 1390. The lowest BCUT2D eigenvalue weighted by Crippen LogP contribution is -2.44. The molecule has 0 heterocycles. The molecule has 0 radical (unpaired) electrons. The number of unbranched alkanes of at least 4 members (excludes halogenated alkanes) is 26. The van der Waals surface area contributed by atoms with Gasteiger partial charge in [-0.15, -0.1) is 0 Å². The molecule has 2 atom stereocenters.